The minimum Gasteiger partial charge on any atom is -0.460 e. The molecule has 1 saturated carbocycles. The van der Waals surface area contributed by atoms with Gasteiger partial charge in [-0.05, 0) is 52.2 Å². The molecule has 1 aromatic rings. The van der Waals surface area contributed by atoms with Crippen molar-refractivity contribution in [2.75, 3.05) is 0 Å². The Morgan fingerprint density at radius 3 is 2.24 bits per heavy atom. The smallest absolute Gasteiger partial charge is 0.312 e. The largest absolute Gasteiger partial charge is 0.460 e. The molecule has 2 aliphatic rings. The molecule has 1 aliphatic carbocycles. The summed E-state index contributed by atoms with van der Waals surface area (Å²) in [5, 5.41) is 0.980. The Hall–Kier alpha value is -2.63. The SMILES string of the molecule is CC(C)(C)OC(=O)C1(C/C=C/NN2C(=O)c3ccccc3C2=O)CC1. The number of nitrogens with zero attached hydrogens (tertiary/aromatic N) is 1. The lowest BCUT2D eigenvalue weighted by Gasteiger charge is -2.23. The highest BCUT2D eigenvalue weighted by Crippen LogP contribution is 2.50. The van der Waals surface area contributed by atoms with Crippen LogP contribution in [0.15, 0.2) is 36.5 Å². The first-order valence-electron chi connectivity index (χ1n) is 8.36. The first-order valence-corrected chi connectivity index (χ1v) is 8.36. The van der Waals surface area contributed by atoms with Crippen molar-refractivity contribution >= 4 is 17.8 Å². The summed E-state index contributed by atoms with van der Waals surface area (Å²) in [5.74, 6) is -0.942. The number of hydrazine groups is 1. The van der Waals surface area contributed by atoms with Gasteiger partial charge in [0, 0.05) is 6.20 Å². The number of imide groups is 1. The first kappa shape index (κ1) is 17.2. The summed E-state index contributed by atoms with van der Waals surface area (Å²) in [6.07, 6.45) is 5.39. The maximum absolute atomic E-state index is 12.3. The third-order valence-electron chi connectivity index (χ3n) is 4.31. The molecule has 0 radical (unpaired) electrons. The Morgan fingerprint density at radius 2 is 1.76 bits per heavy atom. The van der Waals surface area contributed by atoms with Crippen molar-refractivity contribution in [2.45, 2.75) is 45.6 Å². The van der Waals surface area contributed by atoms with E-state index in [0.29, 0.717) is 17.5 Å². The quantitative estimate of drug-likeness (QED) is 0.658. The van der Waals surface area contributed by atoms with Crippen molar-refractivity contribution in [3.63, 3.8) is 0 Å². The molecule has 6 nitrogen and oxygen atoms in total. The topological polar surface area (TPSA) is 75.7 Å². The lowest BCUT2D eigenvalue weighted by atomic mass is 10.0. The van der Waals surface area contributed by atoms with Gasteiger partial charge in [-0.1, -0.05) is 18.2 Å². The summed E-state index contributed by atoms with van der Waals surface area (Å²) in [6, 6.07) is 6.70. The van der Waals surface area contributed by atoms with Gasteiger partial charge in [0.05, 0.1) is 16.5 Å². The Balaban J connectivity index is 1.57. The molecule has 0 unspecified atom stereocenters. The number of carbonyl (C=O) groups is 3. The molecular weight excluding hydrogens is 320 g/mol. The maximum Gasteiger partial charge on any atom is 0.312 e. The van der Waals surface area contributed by atoms with E-state index >= 15 is 0 Å². The molecule has 1 aliphatic heterocycles. The molecule has 1 heterocycles. The van der Waals surface area contributed by atoms with Gasteiger partial charge in [-0.3, -0.25) is 19.8 Å². The Bertz CT molecular complexity index is 722. The second-order valence-corrected chi connectivity index (χ2v) is 7.51. The lowest BCUT2D eigenvalue weighted by molar-refractivity contribution is -0.161. The van der Waals surface area contributed by atoms with Crippen LogP contribution in [-0.2, 0) is 9.53 Å². The van der Waals surface area contributed by atoms with Gasteiger partial charge in [0.1, 0.15) is 5.60 Å². The van der Waals surface area contributed by atoms with Gasteiger partial charge in [-0.15, -0.1) is 0 Å². The number of amides is 2. The Labute approximate surface area is 146 Å². The van der Waals surface area contributed by atoms with Crippen molar-refractivity contribution in [2.24, 2.45) is 5.41 Å². The van der Waals surface area contributed by atoms with Gasteiger partial charge in [0.25, 0.3) is 11.8 Å². The van der Waals surface area contributed by atoms with E-state index in [1.165, 1.54) is 6.20 Å². The van der Waals surface area contributed by atoms with Gasteiger partial charge >= 0.3 is 5.97 Å². The number of hydrogen-bond donors (Lipinski definition) is 1. The average molecular weight is 342 g/mol. The predicted octanol–water partition coefficient (Wildman–Crippen LogP) is 2.81. The summed E-state index contributed by atoms with van der Waals surface area (Å²) in [6.45, 7) is 5.54. The number of benzene rings is 1. The maximum atomic E-state index is 12.3. The average Bonchev–Trinajstić information content (AvgIpc) is 3.29. The molecule has 2 amide bonds. The number of fused-ring (bicyclic) bond motifs is 1. The number of allylic oxidation sites excluding steroid dienone is 1. The Morgan fingerprint density at radius 1 is 1.20 bits per heavy atom. The molecule has 1 aromatic carbocycles. The van der Waals surface area contributed by atoms with Crippen molar-refractivity contribution in [1.29, 1.82) is 0 Å². The number of hydrogen-bond acceptors (Lipinski definition) is 5. The number of esters is 1. The number of carbonyl (C=O) groups excluding carboxylic acids is 3. The molecule has 3 rings (SSSR count). The van der Waals surface area contributed by atoms with E-state index in [1.807, 2.05) is 20.8 Å². The van der Waals surface area contributed by atoms with Crippen LogP contribution in [0.5, 0.6) is 0 Å². The zero-order valence-corrected chi connectivity index (χ0v) is 14.7. The van der Waals surface area contributed by atoms with Crippen molar-refractivity contribution in [3.05, 3.63) is 47.7 Å². The fraction of sp³-hybridized carbons (Fsp3) is 0.421. The van der Waals surface area contributed by atoms with E-state index in [2.05, 4.69) is 5.43 Å². The number of ether oxygens (including phenoxy) is 1. The second kappa shape index (κ2) is 6.02. The minimum atomic E-state index is -0.505. The number of rotatable bonds is 5. The lowest BCUT2D eigenvalue weighted by Crippen LogP contribution is -2.39. The molecule has 132 valence electrons. The molecular formula is C19H22N2O4. The van der Waals surface area contributed by atoms with E-state index in [-0.39, 0.29) is 17.8 Å². The monoisotopic (exact) mass is 342 g/mol. The van der Waals surface area contributed by atoms with Crippen LogP contribution in [0.25, 0.3) is 0 Å². The molecule has 0 saturated heterocycles. The summed E-state index contributed by atoms with van der Waals surface area (Å²) < 4.78 is 5.46. The first-order chi connectivity index (χ1) is 11.7. The second-order valence-electron chi connectivity index (χ2n) is 7.51. The van der Waals surface area contributed by atoms with Crippen LogP contribution in [0.2, 0.25) is 0 Å². The van der Waals surface area contributed by atoms with E-state index in [4.69, 9.17) is 4.74 Å². The van der Waals surface area contributed by atoms with E-state index < -0.39 is 11.0 Å². The van der Waals surface area contributed by atoms with E-state index in [9.17, 15) is 14.4 Å². The zero-order valence-electron chi connectivity index (χ0n) is 14.7. The predicted molar refractivity (Wildman–Crippen MR) is 91.3 cm³/mol. The van der Waals surface area contributed by atoms with Gasteiger partial charge in [0.2, 0.25) is 0 Å². The highest BCUT2D eigenvalue weighted by atomic mass is 16.6. The van der Waals surface area contributed by atoms with Gasteiger partial charge < -0.3 is 4.74 Å². The van der Waals surface area contributed by atoms with E-state index in [0.717, 1.165) is 17.9 Å². The summed E-state index contributed by atoms with van der Waals surface area (Å²) >= 11 is 0. The molecule has 6 heteroatoms. The third-order valence-corrected chi connectivity index (χ3v) is 4.31. The fourth-order valence-electron chi connectivity index (χ4n) is 2.75. The number of nitrogens with one attached hydrogen (secondary N) is 1. The summed E-state index contributed by atoms with van der Waals surface area (Å²) in [7, 11) is 0. The Kier molecular flexibility index (Phi) is 4.14. The fourth-order valence-corrected chi connectivity index (χ4v) is 2.75. The van der Waals surface area contributed by atoms with Gasteiger partial charge in [0.15, 0.2) is 0 Å². The van der Waals surface area contributed by atoms with Crippen LogP contribution >= 0.6 is 0 Å². The van der Waals surface area contributed by atoms with E-state index in [1.54, 1.807) is 30.3 Å². The van der Waals surface area contributed by atoms with Crippen LogP contribution < -0.4 is 5.43 Å². The van der Waals surface area contributed by atoms with Gasteiger partial charge in [-0.25, -0.2) is 0 Å². The molecule has 1 fully saturated rings. The van der Waals surface area contributed by atoms with Gasteiger partial charge in [-0.2, -0.15) is 5.01 Å². The highest BCUT2D eigenvalue weighted by molar-refractivity contribution is 6.21. The minimum absolute atomic E-state index is 0.189. The zero-order chi connectivity index (χ0) is 18.2. The third kappa shape index (κ3) is 3.43. The molecule has 0 atom stereocenters. The van der Waals surface area contributed by atoms with Crippen molar-refractivity contribution < 1.29 is 19.1 Å². The summed E-state index contributed by atoms with van der Waals surface area (Å²) in [5.41, 5.74) is 2.53. The molecule has 25 heavy (non-hydrogen) atoms. The van der Waals surface area contributed by atoms with Crippen LogP contribution in [0.1, 0.15) is 60.7 Å². The molecule has 0 aromatic heterocycles. The highest BCUT2D eigenvalue weighted by Gasteiger charge is 2.51. The molecule has 1 N–H and O–H groups in total. The summed E-state index contributed by atoms with van der Waals surface area (Å²) in [4.78, 5) is 36.7. The molecule has 0 spiro atoms. The van der Waals surface area contributed by atoms with Crippen LogP contribution in [0, 0.1) is 5.41 Å². The normalized spacial score (nSPS) is 18.4. The van der Waals surface area contributed by atoms with Crippen LogP contribution in [-0.4, -0.2) is 28.4 Å². The standard InChI is InChI=1S/C19H22N2O4/c1-18(2,3)25-17(24)19(10-11-19)9-6-12-20-21-15(22)13-7-4-5-8-14(13)16(21)23/h4-8,12,20H,9-11H2,1-3H3/b12-6+. The molecule has 0 bridgehead atoms. The van der Waals surface area contributed by atoms with Crippen molar-refractivity contribution in [3.8, 4) is 0 Å². The van der Waals surface area contributed by atoms with Crippen LogP contribution in [0.3, 0.4) is 0 Å². The van der Waals surface area contributed by atoms with Crippen LogP contribution in [0.4, 0.5) is 0 Å². The van der Waals surface area contributed by atoms with Crippen molar-refractivity contribution in [1.82, 2.24) is 10.4 Å².